The Labute approximate surface area is 125 Å². The molecule has 21 heavy (non-hydrogen) atoms. The van der Waals surface area contributed by atoms with Crippen LogP contribution in [0.4, 0.5) is 5.69 Å². The van der Waals surface area contributed by atoms with Gasteiger partial charge in [-0.3, -0.25) is 15.1 Å². The van der Waals surface area contributed by atoms with Crippen LogP contribution in [0.5, 0.6) is 0 Å². The summed E-state index contributed by atoms with van der Waals surface area (Å²) in [6.07, 6.45) is 4.80. The van der Waals surface area contributed by atoms with Crippen molar-refractivity contribution in [2.75, 3.05) is 13.6 Å². The van der Waals surface area contributed by atoms with Crippen LogP contribution in [0.2, 0.25) is 0 Å². The maximum Gasteiger partial charge on any atom is 0.269 e. The molecule has 0 aliphatic carbocycles. The van der Waals surface area contributed by atoms with Crippen molar-refractivity contribution < 1.29 is 4.92 Å². The molecule has 6 nitrogen and oxygen atoms in total. The fourth-order valence-corrected chi connectivity index (χ4v) is 1.94. The molecule has 0 unspecified atom stereocenters. The van der Waals surface area contributed by atoms with Crippen LogP contribution in [0.1, 0.15) is 38.2 Å². The molecule has 2 N–H and O–H groups in total. The van der Waals surface area contributed by atoms with Crippen molar-refractivity contribution in [1.29, 1.82) is 0 Å². The highest BCUT2D eigenvalue weighted by atomic mass is 16.6. The first kappa shape index (κ1) is 16.9. The number of nitrogens with zero attached hydrogens (tertiary/aromatic N) is 2. The molecule has 1 aromatic rings. The Balaban J connectivity index is 2.38. The minimum absolute atomic E-state index is 0.108. The van der Waals surface area contributed by atoms with E-state index >= 15 is 0 Å². The van der Waals surface area contributed by atoms with Crippen LogP contribution in [0, 0.1) is 10.1 Å². The maximum atomic E-state index is 10.7. The molecule has 0 saturated carbocycles. The molecule has 0 radical (unpaired) electrons. The highest BCUT2D eigenvalue weighted by Gasteiger charge is 2.05. The molecule has 0 bridgehead atoms. The minimum Gasteiger partial charge on any atom is -0.356 e. The molecule has 0 aliphatic heterocycles. The Hall–Kier alpha value is -2.11. The number of aliphatic imine (C=N–C) groups is 1. The topological polar surface area (TPSA) is 79.6 Å². The second-order valence-electron chi connectivity index (χ2n) is 4.84. The van der Waals surface area contributed by atoms with E-state index in [9.17, 15) is 10.1 Å². The molecule has 0 spiro atoms. The summed E-state index contributed by atoms with van der Waals surface area (Å²) in [5.41, 5.74) is 0.968. The normalized spacial score (nSPS) is 11.2. The molecular weight excluding hydrogens is 268 g/mol. The minimum atomic E-state index is -0.385. The number of nitro benzene ring substituents is 1. The van der Waals surface area contributed by atoms with E-state index < -0.39 is 0 Å². The number of unbranched alkanes of at least 4 members (excludes halogenated alkanes) is 3. The van der Waals surface area contributed by atoms with Gasteiger partial charge < -0.3 is 10.6 Å². The predicted octanol–water partition coefficient (Wildman–Crippen LogP) is 2.84. The van der Waals surface area contributed by atoms with E-state index in [1.54, 1.807) is 19.2 Å². The summed E-state index contributed by atoms with van der Waals surface area (Å²) in [7, 11) is 1.72. The average Bonchev–Trinajstić information content (AvgIpc) is 2.50. The van der Waals surface area contributed by atoms with Gasteiger partial charge in [0, 0.05) is 32.3 Å². The van der Waals surface area contributed by atoms with E-state index in [-0.39, 0.29) is 10.6 Å². The lowest BCUT2D eigenvalue weighted by Crippen LogP contribution is -2.37. The lowest BCUT2D eigenvalue weighted by atomic mass is 10.2. The van der Waals surface area contributed by atoms with Crippen LogP contribution < -0.4 is 10.6 Å². The first-order chi connectivity index (χ1) is 10.2. The lowest BCUT2D eigenvalue weighted by Gasteiger charge is -2.11. The van der Waals surface area contributed by atoms with Gasteiger partial charge in [0.1, 0.15) is 0 Å². The first-order valence-electron chi connectivity index (χ1n) is 7.35. The Morgan fingerprint density at radius 2 is 2.10 bits per heavy atom. The van der Waals surface area contributed by atoms with Crippen LogP contribution >= 0.6 is 0 Å². The number of rotatable bonds is 8. The SMILES string of the molecule is CCCCCCNC(=NC)NCc1cccc([N+](=O)[O-])c1. The zero-order chi connectivity index (χ0) is 15.5. The smallest absolute Gasteiger partial charge is 0.269 e. The summed E-state index contributed by atoms with van der Waals surface area (Å²) in [5.74, 6) is 0.720. The van der Waals surface area contributed by atoms with Crippen LogP contribution in [0.3, 0.4) is 0 Å². The molecule has 0 heterocycles. The van der Waals surface area contributed by atoms with Gasteiger partial charge >= 0.3 is 0 Å². The summed E-state index contributed by atoms with van der Waals surface area (Å²) in [5, 5.41) is 17.1. The third-order valence-corrected chi connectivity index (χ3v) is 3.13. The molecule has 0 atom stereocenters. The van der Waals surface area contributed by atoms with Gasteiger partial charge in [0.05, 0.1) is 4.92 Å². The van der Waals surface area contributed by atoms with Crippen LogP contribution in [-0.4, -0.2) is 24.5 Å². The van der Waals surface area contributed by atoms with Gasteiger partial charge in [-0.2, -0.15) is 0 Å². The van der Waals surface area contributed by atoms with Gasteiger partial charge in [0.2, 0.25) is 0 Å². The number of benzene rings is 1. The summed E-state index contributed by atoms with van der Waals surface area (Å²) in [4.78, 5) is 14.5. The van der Waals surface area contributed by atoms with Crippen molar-refractivity contribution >= 4 is 11.6 Å². The van der Waals surface area contributed by atoms with Gasteiger partial charge in [0.15, 0.2) is 5.96 Å². The van der Waals surface area contributed by atoms with Crippen LogP contribution in [0.25, 0.3) is 0 Å². The van der Waals surface area contributed by atoms with Gasteiger partial charge in [-0.15, -0.1) is 0 Å². The number of hydrogen-bond donors (Lipinski definition) is 2. The fourth-order valence-electron chi connectivity index (χ4n) is 1.94. The second kappa shape index (κ2) is 9.74. The quantitative estimate of drug-likeness (QED) is 0.254. The van der Waals surface area contributed by atoms with Crippen molar-refractivity contribution in [2.45, 2.75) is 39.2 Å². The average molecular weight is 292 g/mol. The van der Waals surface area contributed by atoms with Crippen molar-refractivity contribution in [1.82, 2.24) is 10.6 Å². The molecule has 0 aromatic heterocycles. The Morgan fingerprint density at radius 3 is 2.76 bits per heavy atom. The second-order valence-corrected chi connectivity index (χ2v) is 4.84. The molecule has 6 heteroatoms. The molecule has 0 fully saturated rings. The highest BCUT2D eigenvalue weighted by Crippen LogP contribution is 2.12. The van der Waals surface area contributed by atoms with E-state index in [2.05, 4.69) is 22.5 Å². The largest absolute Gasteiger partial charge is 0.356 e. The van der Waals surface area contributed by atoms with E-state index in [1.807, 2.05) is 6.07 Å². The molecule has 1 rings (SSSR count). The van der Waals surface area contributed by atoms with Gasteiger partial charge in [-0.1, -0.05) is 38.3 Å². The number of nitro groups is 1. The maximum absolute atomic E-state index is 10.7. The van der Waals surface area contributed by atoms with Crippen molar-refractivity contribution in [3.8, 4) is 0 Å². The van der Waals surface area contributed by atoms with E-state index in [0.717, 1.165) is 24.5 Å². The van der Waals surface area contributed by atoms with E-state index in [4.69, 9.17) is 0 Å². The predicted molar refractivity (Wildman–Crippen MR) is 85.4 cm³/mol. The number of non-ortho nitro benzene ring substituents is 1. The fraction of sp³-hybridized carbons (Fsp3) is 0.533. The standard InChI is InChI=1S/C15H24N4O2/c1-3-4-5-6-10-17-15(16-2)18-12-13-8-7-9-14(11-13)19(20)21/h7-9,11H,3-6,10,12H2,1-2H3,(H2,16,17,18). The summed E-state index contributed by atoms with van der Waals surface area (Å²) in [6, 6.07) is 6.61. The lowest BCUT2D eigenvalue weighted by molar-refractivity contribution is -0.384. The van der Waals surface area contributed by atoms with Gasteiger partial charge in [0.25, 0.3) is 5.69 Å². The van der Waals surface area contributed by atoms with Crippen LogP contribution in [-0.2, 0) is 6.54 Å². The summed E-state index contributed by atoms with van der Waals surface area (Å²) < 4.78 is 0. The van der Waals surface area contributed by atoms with Crippen molar-refractivity contribution in [2.24, 2.45) is 4.99 Å². The third kappa shape index (κ3) is 6.74. The zero-order valence-electron chi connectivity index (χ0n) is 12.8. The summed E-state index contributed by atoms with van der Waals surface area (Å²) in [6.45, 7) is 3.58. The third-order valence-electron chi connectivity index (χ3n) is 3.13. The van der Waals surface area contributed by atoms with E-state index in [0.29, 0.717) is 6.54 Å². The number of hydrogen-bond acceptors (Lipinski definition) is 3. The number of guanidine groups is 1. The van der Waals surface area contributed by atoms with Gasteiger partial charge in [-0.05, 0) is 12.0 Å². The monoisotopic (exact) mass is 292 g/mol. The summed E-state index contributed by atoms with van der Waals surface area (Å²) >= 11 is 0. The Bertz CT molecular complexity index is 474. The first-order valence-corrected chi connectivity index (χ1v) is 7.35. The van der Waals surface area contributed by atoms with Crippen molar-refractivity contribution in [3.63, 3.8) is 0 Å². The number of nitrogens with one attached hydrogen (secondary N) is 2. The highest BCUT2D eigenvalue weighted by molar-refractivity contribution is 5.79. The molecule has 1 aromatic carbocycles. The van der Waals surface area contributed by atoms with Crippen molar-refractivity contribution in [3.05, 3.63) is 39.9 Å². The molecular formula is C15H24N4O2. The van der Waals surface area contributed by atoms with E-state index in [1.165, 1.54) is 25.3 Å². The Morgan fingerprint density at radius 1 is 1.29 bits per heavy atom. The molecule has 116 valence electrons. The van der Waals surface area contributed by atoms with Gasteiger partial charge in [-0.25, -0.2) is 0 Å². The Kier molecular flexibility index (Phi) is 7.86. The molecule has 0 amide bonds. The molecule has 0 aliphatic rings. The van der Waals surface area contributed by atoms with Crippen LogP contribution in [0.15, 0.2) is 29.3 Å². The molecule has 0 saturated heterocycles. The zero-order valence-corrected chi connectivity index (χ0v) is 12.8.